The van der Waals surface area contributed by atoms with Crippen molar-refractivity contribution in [3.8, 4) is 0 Å². The van der Waals surface area contributed by atoms with E-state index in [1.165, 1.54) is 6.92 Å². The quantitative estimate of drug-likeness (QED) is 0.810. The van der Waals surface area contributed by atoms with Crippen LogP contribution in [0.5, 0.6) is 0 Å². The molecule has 0 radical (unpaired) electrons. The Morgan fingerprint density at radius 2 is 2.00 bits per heavy atom. The molecule has 0 spiro atoms. The van der Waals surface area contributed by atoms with E-state index < -0.39 is 30.7 Å². The van der Waals surface area contributed by atoms with Crippen molar-refractivity contribution in [3.63, 3.8) is 0 Å². The van der Waals surface area contributed by atoms with Crippen molar-refractivity contribution in [3.05, 3.63) is 0 Å². The smallest absolute Gasteiger partial charge is 0.448 e. The lowest BCUT2D eigenvalue weighted by Crippen LogP contribution is -2.61. The molecule has 0 fully saturated rings. The van der Waals surface area contributed by atoms with Gasteiger partial charge in [-0.15, -0.1) is 13.2 Å². The van der Waals surface area contributed by atoms with Gasteiger partial charge in [0.2, 0.25) is 0 Å². The second-order valence-corrected chi connectivity index (χ2v) is 3.90. The molecule has 0 aromatic heterocycles. The minimum absolute atomic E-state index is 0.189. The van der Waals surface area contributed by atoms with Gasteiger partial charge in [-0.05, 0) is 13.8 Å². The first-order chi connectivity index (χ1) is 8.93. The molecule has 0 saturated heterocycles. The molecule has 1 atom stereocenters. The highest BCUT2D eigenvalue weighted by atomic mass is 19.4. The Balaban J connectivity index is 3.09. The molecule has 20 heavy (non-hydrogen) atoms. The molecule has 0 saturated carbocycles. The molecule has 6 nitrogen and oxygen atoms in total. The number of hydrazone groups is 1. The summed E-state index contributed by atoms with van der Waals surface area (Å²) in [6.45, 7) is 2.24. The first kappa shape index (κ1) is 16.6. The molecule has 1 heterocycles. The molecule has 0 aromatic rings. The summed E-state index contributed by atoms with van der Waals surface area (Å²) in [5.41, 5.74) is -3.80. The maximum Gasteiger partial charge on any atom is 0.527 e. The number of carbonyl (C=O) groups excluding carboxylic acids is 1. The number of hydrogen-bond donors (Lipinski definition) is 1. The number of halogens is 5. The van der Waals surface area contributed by atoms with E-state index in [4.69, 9.17) is 0 Å². The molecule has 0 bridgehead atoms. The molecular weight excluding hydrogens is 295 g/mol. The maximum atomic E-state index is 13.5. The van der Waals surface area contributed by atoms with E-state index in [0.29, 0.717) is 0 Å². The molecule has 1 N–H and O–H groups in total. The van der Waals surface area contributed by atoms with E-state index in [0.717, 1.165) is 6.92 Å². The van der Waals surface area contributed by atoms with Gasteiger partial charge in [-0.1, -0.05) is 0 Å². The van der Waals surface area contributed by atoms with Crippen molar-refractivity contribution in [2.75, 3.05) is 6.61 Å². The van der Waals surface area contributed by atoms with E-state index in [1.54, 1.807) is 0 Å². The summed E-state index contributed by atoms with van der Waals surface area (Å²) >= 11 is 0. The molecule has 1 aliphatic heterocycles. The largest absolute Gasteiger partial charge is 0.527 e. The van der Waals surface area contributed by atoms with Gasteiger partial charge < -0.3 is 9.84 Å². The van der Waals surface area contributed by atoms with E-state index in [9.17, 15) is 31.9 Å². The summed E-state index contributed by atoms with van der Waals surface area (Å²) in [7, 11) is 0. The topological polar surface area (TPSA) is 71.4 Å². The summed E-state index contributed by atoms with van der Waals surface area (Å²) in [5.74, 6) is 0. The van der Waals surface area contributed by atoms with Crippen LogP contribution in [0.25, 0.3) is 0 Å². The lowest BCUT2D eigenvalue weighted by atomic mass is 10.1. The third kappa shape index (κ3) is 3.15. The number of hydrogen-bond acceptors (Lipinski definition) is 5. The Labute approximate surface area is 109 Å². The summed E-state index contributed by atoms with van der Waals surface area (Å²) < 4.78 is 69.9. The Morgan fingerprint density at radius 3 is 2.45 bits per heavy atom. The highest BCUT2D eigenvalue weighted by molar-refractivity contribution is 5.87. The average molecular weight is 306 g/mol. The third-order valence-electron chi connectivity index (χ3n) is 2.27. The second-order valence-electron chi connectivity index (χ2n) is 3.90. The molecule has 1 rings (SSSR count). The van der Waals surface area contributed by atoms with Crippen LogP contribution < -0.4 is 0 Å². The average Bonchev–Trinajstić information content (AvgIpc) is 2.52. The zero-order chi connectivity index (χ0) is 15.8. The maximum absolute atomic E-state index is 13.5. The van der Waals surface area contributed by atoms with E-state index in [1.807, 2.05) is 0 Å². The highest BCUT2D eigenvalue weighted by Gasteiger charge is 2.67. The second kappa shape index (κ2) is 5.13. The zero-order valence-electron chi connectivity index (χ0n) is 10.4. The van der Waals surface area contributed by atoms with Crippen molar-refractivity contribution in [2.45, 2.75) is 38.5 Å². The van der Waals surface area contributed by atoms with Crippen molar-refractivity contribution >= 4 is 11.8 Å². The normalized spacial score (nSPS) is 23.8. The molecule has 0 unspecified atom stereocenters. The van der Waals surface area contributed by atoms with Gasteiger partial charge in [0.15, 0.2) is 0 Å². The van der Waals surface area contributed by atoms with Gasteiger partial charge in [0, 0.05) is 12.1 Å². The van der Waals surface area contributed by atoms with Crippen molar-refractivity contribution < 1.29 is 41.3 Å². The van der Waals surface area contributed by atoms with Crippen LogP contribution in [-0.2, 0) is 9.47 Å². The van der Waals surface area contributed by atoms with Crippen LogP contribution in [0.2, 0.25) is 0 Å². The van der Waals surface area contributed by atoms with Crippen molar-refractivity contribution in [1.82, 2.24) is 5.01 Å². The number of ether oxygens (including phenoxy) is 2. The number of carbonyl (C=O) groups is 1. The minimum Gasteiger partial charge on any atom is -0.448 e. The van der Waals surface area contributed by atoms with Gasteiger partial charge in [-0.25, -0.2) is 9.53 Å². The molecule has 0 aromatic carbocycles. The first-order valence-corrected chi connectivity index (χ1v) is 5.31. The minimum atomic E-state index is -5.71. The summed E-state index contributed by atoms with van der Waals surface area (Å²) in [6.07, 6.45) is -13.4. The van der Waals surface area contributed by atoms with E-state index in [2.05, 4.69) is 14.6 Å². The fourth-order valence-electron chi connectivity index (χ4n) is 1.55. The Morgan fingerprint density at radius 1 is 1.45 bits per heavy atom. The lowest BCUT2D eigenvalue weighted by Gasteiger charge is -2.35. The van der Waals surface area contributed by atoms with Gasteiger partial charge in [0.25, 0.3) is 5.72 Å². The first-order valence-electron chi connectivity index (χ1n) is 5.31. The molecule has 1 amide bonds. The van der Waals surface area contributed by atoms with Gasteiger partial charge in [0.05, 0.1) is 6.61 Å². The summed E-state index contributed by atoms with van der Waals surface area (Å²) in [5, 5.41) is 12.7. The number of rotatable bonds is 3. The van der Waals surface area contributed by atoms with Crippen molar-refractivity contribution in [1.29, 1.82) is 0 Å². The number of alkyl halides is 5. The highest BCUT2D eigenvalue weighted by Crippen LogP contribution is 2.43. The monoisotopic (exact) mass is 306 g/mol. The molecule has 116 valence electrons. The molecule has 1 aliphatic rings. The Bertz CT molecular complexity index is 425. The lowest BCUT2D eigenvalue weighted by molar-refractivity contribution is -0.469. The Kier molecular flexibility index (Phi) is 4.25. The van der Waals surface area contributed by atoms with Gasteiger partial charge in [-0.2, -0.15) is 18.9 Å². The van der Waals surface area contributed by atoms with E-state index >= 15 is 0 Å². The van der Waals surface area contributed by atoms with Crippen LogP contribution in [0.15, 0.2) is 5.10 Å². The van der Waals surface area contributed by atoms with Crippen LogP contribution in [0.4, 0.5) is 26.7 Å². The van der Waals surface area contributed by atoms with Gasteiger partial charge in [-0.3, -0.25) is 0 Å². The third-order valence-corrected chi connectivity index (χ3v) is 2.27. The summed E-state index contributed by atoms with van der Waals surface area (Å²) in [6, 6.07) is 0. The van der Waals surface area contributed by atoms with Crippen LogP contribution in [0, 0.1) is 0 Å². The van der Waals surface area contributed by atoms with E-state index in [-0.39, 0.29) is 17.3 Å². The molecule has 0 aliphatic carbocycles. The van der Waals surface area contributed by atoms with Crippen LogP contribution >= 0.6 is 0 Å². The number of nitrogens with zero attached hydrogens (tertiary/aromatic N) is 2. The summed E-state index contributed by atoms with van der Waals surface area (Å²) in [4.78, 5) is 11.4. The standard InChI is InChI=1S/C9H11F5N2O4/c1-3-19-6(17)16-7(18,4-5(2)15-16)8(10,11)20-9(12,13)14/h18H,3-4H2,1-2H3/t7-/m0/s1. The van der Waals surface area contributed by atoms with Crippen LogP contribution in [-0.4, -0.2) is 46.7 Å². The predicted octanol–water partition coefficient (Wildman–Crippen LogP) is 2.04. The van der Waals surface area contributed by atoms with Gasteiger partial charge in [0.1, 0.15) is 0 Å². The van der Waals surface area contributed by atoms with Crippen LogP contribution in [0.3, 0.4) is 0 Å². The number of aliphatic hydroxyl groups is 1. The van der Waals surface area contributed by atoms with Gasteiger partial charge >= 0.3 is 18.6 Å². The van der Waals surface area contributed by atoms with Crippen molar-refractivity contribution in [2.24, 2.45) is 5.10 Å². The Hall–Kier alpha value is -1.49. The number of amides is 1. The van der Waals surface area contributed by atoms with Crippen LogP contribution in [0.1, 0.15) is 20.3 Å². The molecule has 11 heteroatoms. The SMILES string of the molecule is CCOC(=O)N1N=C(C)C[C@]1(O)C(F)(F)OC(F)(F)F. The molecular formula is C9H11F5N2O4. The fraction of sp³-hybridized carbons (Fsp3) is 0.778. The fourth-order valence-corrected chi connectivity index (χ4v) is 1.55. The zero-order valence-corrected chi connectivity index (χ0v) is 10.4. The predicted molar refractivity (Wildman–Crippen MR) is 53.6 cm³/mol.